The van der Waals surface area contributed by atoms with Crippen LogP contribution >= 0.6 is 0 Å². The number of nitro benzene ring substituents is 2. The normalized spacial score (nSPS) is 10.9. The molecule has 6 rings (SSSR count). The molecular weight excluding hydrogens is 648 g/mol. The van der Waals surface area contributed by atoms with Crippen LogP contribution in [0.4, 0.5) is 34.1 Å². The molecule has 0 bridgehead atoms. The SMILES string of the molecule is O=[N+]([O-])c1ccc(N=Nc2c(O)ccc3ccccc23)c(O)c1.O=[N+]([O-])c1ccc(N=Nc2c(O)ccc3ccccc23)c(O)c1.[Cr+2]. The Balaban J connectivity index is 0.000000208. The van der Waals surface area contributed by atoms with Crippen molar-refractivity contribution in [1.82, 2.24) is 0 Å². The predicted molar refractivity (Wildman–Crippen MR) is 169 cm³/mol. The van der Waals surface area contributed by atoms with Crippen molar-refractivity contribution in [3.05, 3.63) is 129 Å². The Hall–Kier alpha value is -6.43. The number of benzene rings is 6. The van der Waals surface area contributed by atoms with Gasteiger partial charge in [0.2, 0.25) is 0 Å². The number of aromatic hydroxyl groups is 4. The average molecular weight is 671 g/mol. The van der Waals surface area contributed by atoms with Gasteiger partial charge in [0.1, 0.15) is 45.7 Å². The van der Waals surface area contributed by atoms with Crippen molar-refractivity contribution in [2.45, 2.75) is 0 Å². The van der Waals surface area contributed by atoms with Crippen LogP contribution in [-0.4, -0.2) is 30.3 Å². The molecule has 0 heterocycles. The topological polar surface area (TPSA) is 217 Å². The van der Waals surface area contributed by atoms with Crippen LogP contribution in [0.25, 0.3) is 21.5 Å². The van der Waals surface area contributed by atoms with Gasteiger partial charge in [0.25, 0.3) is 11.4 Å². The summed E-state index contributed by atoms with van der Waals surface area (Å²) in [5.74, 6) is -0.812. The van der Waals surface area contributed by atoms with Gasteiger partial charge in [0.05, 0.1) is 22.0 Å². The maximum absolute atomic E-state index is 10.6. The van der Waals surface area contributed by atoms with E-state index >= 15 is 0 Å². The second-order valence-corrected chi connectivity index (χ2v) is 9.57. The molecule has 232 valence electrons. The second kappa shape index (κ2) is 14.6. The molecular formula is C32H22CrN6O8+2. The summed E-state index contributed by atoms with van der Waals surface area (Å²) in [4.78, 5) is 20.1. The molecule has 0 aliphatic heterocycles. The van der Waals surface area contributed by atoms with Crippen molar-refractivity contribution in [2.75, 3.05) is 0 Å². The summed E-state index contributed by atoms with van der Waals surface area (Å²) in [5, 5.41) is 79.7. The number of fused-ring (bicyclic) bond motifs is 2. The third-order valence-corrected chi connectivity index (χ3v) is 6.61. The van der Waals surface area contributed by atoms with Gasteiger partial charge in [0, 0.05) is 22.9 Å². The molecule has 6 aromatic carbocycles. The Bertz CT molecular complexity index is 2040. The van der Waals surface area contributed by atoms with E-state index in [1.807, 2.05) is 36.4 Å². The Morgan fingerprint density at radius 1 is 0.468 bits per heavy atom. The smallest absolute Gasteiger partial charge is 0.506 e. The first-order chi connectivity index (χ1) is 22.1. The van der Waals surface area contributed by atoms with Crippen LogP contribution in [0.2, 0.25) is 0 Å². The molecule has 0 aliphatic carbocycles. The monoisotopic (exact) mass is 670 g/mol. The van der Waals surface area contributed by atoms with E-state index in [1.165, 1.54) is 36.4 Å². The minimum absolute atomic E-state index is 0. The Morgan fingerprint density at radius 3 is 1.21 bits per heavy atom. The summed E-state index contributed by atoms with van der Waals surface area (Å²) in [6.45, 7) is 0. The maximum Gasteiger partial charge on any atom is 2.00 e. The van der Waals surface area contributed by atoms with E-state index in [0.717, 1.165) is 22.9 Å². The van der Waals surface area contributed by atoms with Gasteiger partial charge in [0.15, 0.2) is 0 Å². The molecule has 0 amide bonds. The fourth-order valence-electron chi connectivity index (χ4n) is 4.33. The number of non-ortho nitro benzene ring substituents is 2. The van der Waals surface area contributed by atoms with Crippen molar-refractivity contribution >= 4 is 55.7 Å². The summed E-state index contributed by atoms with van der Waals surface area (Å²) in [5.41, 5.74) is 0.191. The van der Waals surface area contributed by atoms with Gasteiger partial charge in [-0.2, -0.15) is 0 Å². The molecule has 0 saturated heterocycles. The summed E-state index contributed by atoms with van der Waals surface area (Å²) in [7, 11) is 0. The van der Waals surface area contributed by atoms with Crippen LogP contribution in [0.5, 0.6) is 23.0 Å². The quantitative estimate of drug-likeness (QED) is 0.0759. The number of rotatable bonds is 6. The summed E-state index contributed by atoms with van der Waals surface area (Å²) in [6, 6.07) is 28.2. The summed E-state index contributed by atoms with van der Waals surface area (Å²) < 4.78 is 0. The summed E-state index contributed by atoms with van der Waals surface area (Å²) in [6.07, 6.45) is 0. The minimum Gasteiger partial charge on any atom is -0.506 e. The third-order valence-electron chi connectivity index (χ3n) is 6.61. The van der Waals surface area contributed by atoms with E-state index in [4.69, 9.17) is 0 Å². The second-order valence-electron chi connectivity index (χ2n) is 9.57. The molecule has 14 nitrogen and oxygen atoms in total. The molecule has 0 saturated carbocycles. The largest absolute Gasteiger partial charge is 2.00 e. The van der Waals surface area contributed by atoms with Crippen molar-refractivity contribution < 1.29 is 47.6 Å². The number of phenolic OH excluding ortho intramolecular Hbond substituents is 4. The van der Waals surface area contributed by atoms with E-state index in [0.29, 0.717) is 10.8 Å². The third kappa shape index (κ3) is 7.63. The van der Waals surface area contributed by atoms with Crippen molar-refractivity contribution in [2.24, 2.45) is 20.5 Å². The fraction of sp³-hybridized carbons (Fsp3) is 0. The maximum atomic E-state index is 10.6. The average Bonchev–Trinajstić information content (AvgIpc) is 3.05. The zero-order chi connectivity index (χ0) is 32.8. The number of nitrogens with zero attached hydrogens (tertiary/aromatic N) is 6. The van der Waals surface area contributed by atoms with Crippen LogP contribution in [-0.2, 0) is 17.4 Å². The first-order valence-corrected chi connectivity index (χ1v) is 13.3. The van der Waals surface area contributed by atoms with Crippen molar-refractivity contribution in [3.63, 3.8) is 0 Å². The number of hydrogen-bond donors (Lipinski definition) is 4. The van der Waals surface area contributed by atoms with Crippen LogP contribution < -0.4 is 0 Å². The van der Waals surface area contributed by atoms with Gasteiger partial charge in [-0.3, -0.25) is 20.2 Å². The first-order valence-electron chi connectivity index (χ1n) is 13.3. The Kier molecular flexibility index (Phi) is 10.4. The van der Waals surface area contributed by atoms with Gasteiger partial charge in [-0.1, -0.05) is 60.7 Å². The van der Waals surface area contributed by atoms with Gasteiger partial charge < -0.3 is 20.4 Å². The fourth-order valence-corrected chi connectivity index (χ4v) is 4.33. The molecule has 4 N–H and O–H groups in total. The Labute approximate surface area is 275 Å². The van der Waals surface area contributed by atoms with E-state index in [-0.39, 0.29) is 74.5 Å². The van der Waals surface area contributed by atoms with Gasteiger partial charge in [-0.05, 0) is 35.0 Å². The molecule has 0 fully saturated rings. The number of nitro groups is 2. The molecule has 0 atom stereocenters. The number of phenols is 4. The molecule has 0 unspecified atom stereocenters. The predicted octanol–water partition coefficient (Wildman–Crippen LogP) is 9.15. The van der Waals surface area contributed by atoms with Crippen LogP contribution in [0.3, 0.4) is 0 Å². The van der Waals surface area contributed by atoms with E-state index in [9.17, 15) is 40.7 Å². The van der Waals surface area contributed by atoms with Crippen molar-refractivity contribution in [3.8, 4) is 23.0 Å². The molecule has 15 heteroatoms. The number of hydrogen-bond acceptors (Lipinski definition) is 12. The zero-order valence-corrected chi connectivity index (χ0v) is 25.2. The van der Waals surface area contributed by atoms with E-state index < -0.39 is 9.85 Å². The van der Waals surface area contributed by atoms with Crippen LogP contribution in [0.15, 0.2) is 130 Å². The van der Waals surface area contributed by atoms with Crippen LogP contribution in [0, 0.1) is 20.2 Å². The molecule has 0 radical (unpaired) electrons. The molecule has 6 aromatic rings. The molecule has 0 spiro atoms. The van der Waals surface area contributed by atoms with E-state index in [2.05, 4.69) is 20.5 Å². The first kappa shape index (κ1) is 33.5. The minimum atomic E-state index is -0.614. The van der Waals surface area contributed by atoms with Gasteiger partial charge in [-0.25, -0.2) is 0 Å². The number of azo groups is 2. The van der Waals surface area contributed by atoms with Gasteiger partial charge in [-0.15, -0.1) is 20.5 Å². The Morgan fingerprint density at radius 2 is 0.851 bits per heavy atom. The molecule has 47 heavy (non-hydrogen) atoms. The molecule has 0 aliphatic rings. The standard InChI is InChI=1S/2C16H11N3O4.Cr/c2*20-14-8-5-10-3-1-2-4-12(10)16(14)18-17-13-7-6-11(19(22)23)9-15(13)21;/h2*1-9,20-21H;/q;;+2. The van der Waals surface area contributed by atoms with Gasteiger partial charge >= 0.3 is 17.4 Å². The molecule has 0 aromatic heterocycles. The summed E-state index contributed by atoms with van der Waals surface area (Å²) >= 11 is 0. The van der Waals surface area contributed by atoms with Crippen molar-refractivity contribution in [1.29, 1.82) is 0 Å². The zero-order valence-electron chi connectivity index (χ0n) is 23.9. The van der Waals surface area contributed by atoms with Crippen LogP contribution in [0.1, 0.15) is 0 Å². The van der Waals surface area contributed by atoms with E-state index in [1.54, 1.807) is 24.3 Å².